The van der Waals surface area contributed by atoms with E-state index in [1.54, 1.807) is 38.5 Å². The number of rotatable bonds is 15. The molecule has 262 valence electrons. The van der Waals surface area contributed by atoms with Crippen LogP contribution in [0.2, 0.25) is 0 Å². The lowest BCUT2D eigenvalue weighted by Crippen LogP contribution is -2.31. The molecule has 0 bridgehead atoms. The number of ether oxygens (including phenoxy) is 2. The fraction of sp³-hybridized carbons (Fsp3) is 0.270. The highest BCUT2D eigenvalue weighted by molar-refractivity contribution is 6.19. The highest BCUT2D eigenvalue weighted by atomic mass is 35.5. The quantitative estimate of drug-likeness (QED) is 0.0655. The number of para-hydroxylation sites is 2. The number of likely N-dealkylation sites (N-methyl/N-ethyl adjacent to an activating group) is 1. The highest BCUT2D eigenvalue weighted by Crippen LogP contribution is 2.40. The maximum absolute atomic E-state index is 13.4. The second kappa shape index (κ2) is 17.1. The Labute approximate surface area is 301 Å². The van der Waals surface area contributed by atoms with Crippen LogP contribution < -0.4 is 35.6 Å². The van der Waals surface area contributed by atoms with Crippen LogP contribution in [-0.4, -0.2) is 88.1 Å². The largest absolute Gasteiger partial charge is 0.495 e. The SMILES string of the molecule is COc1ccc(NC(=O)Nc2ccc(N(CCCl)CCCl)cc2)cc1Nc1c2cccc(OC)c2nc2c(C(=O)NCCN(C)C)cccc12. The van der Waals surface area contributed by atoms with Crippen molar-refractivity contribution in [3.05, 3.63) is 84.4 Å². The van der Waals surface area contributed by atoms with Crippen LogP contribution in [0.5, 0.6) is 11.5 Å². The molecule has 0 unspecified atom stereocenters. The molecule has 0 aliphatic rings. The number of methoxy groups -OCH3 is 2. The zero-order valence-corrected chi connectivity index (χ0v) is 30.0. The fourth-order valence-corrected chi connectivity index (χ4v) is 5.98. The Bertz CT molecular complexity index is 1950. The molecule has 3 amide bonds. The number of nitrogens with zero attached hydrogens (tertiary/aromatic N) is 3. The van der Waals surface area contributed by atoms with Gasteiger partial charge in [-0.2, -0.15) is 0 Å². The van der Waals surface area contributed by atoms with Gasteiger partial charge in [0.25, 0.3) is 5.91 Å². The van der Waals surface area contributed by atoms with Gasteiger partial charge in [-0.05, 0) is 68.7 Å². The first-order valence-corrected chi connectivity index (χ1v) is 17.2. The van der Waals surface area contributed by atoms with Crippen molar-refractivity contribution in [3.8, 4) is 11.5 Å². The minimum atomic E-state index is -0.415. The Morgan fingerprint density at radius 2 is 1.40 bits per heavy atom. The van der Waals surface area contributed by atoms with Crippen molar-refractivity contribution in [3.63, 3.8) is 0 Å². The van der Waals surface area contributed by atoms with Gasteiger partial charge in [-0.15, -0.1) is 23.2 Å². The molecule has 0 aliphatic carbocycles. The zero-order chi connectivity index (χ0) is 35.6. The van der Waals surface area contributed by atoms with Crippen LogP contribution in [0.4, 0.5) is 33.2 Å². The lowest BCUT2D eigenvalue weighted by molar-refractivity contribution is 0.0952. The summed E-state index contributed by atoms with van der Waals surface area (Å²) in [7, 11) is 7.07. The third kappa shape index (κ3) is 8.60. The van der Waals surface area contributed by atoms with Crippen LogP contribution in [0.3, 0.4) is 0 Å². The van der Waals surface area contributed by atoms with Gasteiger partial charge >= 0.3 is 6.03 Å². The van der Waals surface area contributed by atoms with E-state index in [0.717, 1.165) is 16.5 Å². The lowest BCUT2D eigenvalue weighted by Gasteiger charge is -2.23. The normalized spacial score (nSPS) is 11.0. The van der Waals surface area contributed by atoms with Crippen LogP contribution in [0, 0.1) is 0 Å². The summed E-state index contributed by atoms with van der Waals surface area (Å²) in [4.78, 5) is 35.5. The molecule has 0 fully saturated rings. The van der Waals surface area contributed by atoms with Crippen LogP contribution in [0.1, 0.15) is 10.4 Å². The standard InChI is InChI=1S/C37H41Cl2N7O4/c1-45(2)22-19-40-36(47)29-9-5-7-27-33(28-8-6-10-32(50-4)35(28)44-34(27)29)43-30-23-25(13-16-31(30)49-3)42-37(48)41-24-11-14-26(15-12-24)46(20-17-38)21-18-39/h5-16,23H,17-22H2,1-4H3,(H,40,47)(H,43,44)(H2,41,42,48). The van der Waals surface area contributed by atoms with E-state index in [-0.39, 0.29) is 5.91 Å². The second-order valence-electron chi connectivity index (χ2n) is 11.6. The van der Waals surface area contributed by atoms with Gasteiger partial charge in [-0.25, -0.2) is 9.78 Å². The molecule has 11 nitrogen and oxygen atoms in total. The first kappa shape index (κ1) is 36.3. The topological polar surface area (TPSA) is 120 Å². The van der Waals surface area contributed by atoms with Crippen molar-refractivity contribution in [1.82, 2.24) is 15.2 Å². The third-order valence-electron chi connectivity index (χ3n) is 8.02. The Kier molecular flexibility index (Phi) is 12.4. The summed E-state index contributed by atoms with van der Waals surface area (Å²) in [6.45, 7) is 2.52. The minimum absolute atomic E-state index is 0.225. The van der Waals surface area contributed by atoms with E-state index in [1.165, 1.54) is 0 Å². The van der Waals surface area contributed by atoms with Crippen LogP contribution in [0.25, 0.3) is 21.8 Å². The summed E-state index contributed by atoms with van der Waals surface area (Å²) < 4.78 is 11.4. The number of benzene rings is 4. The van der Waals surface area contributed by atoms with Gasteiger partial charge in [-0.3, -0.25) is 4.79 Å². The summed E-state index contributed by atoms with van der Waals surface area (Å²) in [5.41, 5.74) is 4.95. The van der Waals surface area contributed by atoms with Crippen molar-refractivity contribution < 1.29 is 19.1 Å². The number of anilines is 5. The molecule has 0 aliphatic heterocycles. The summed E-state index contributed by atoms with van der Waals surface area (Å²) in [5.74, 6) is 1.85. The molecule has 1 heterocycles. The highest BCUT2D eigenvalue weighted by Gasteiger charge is 2.19. The number of fused-ring (bicyclic) bond motifs is 2. The van der Waals surface area contributed by atoms with Gasteiger partial charge in [-0.1, -0.05) is 24.3 Å². The molecular formula is C37H41Cl2N7O4. The smallest absolute Gasteiger partial charge is 0.323 e. The van der Waals surface area contributed by atoms with Crippen molar-refractivity contribution >= 4 is 85.4 Å². The van der Waals surface area contributed by atoms with E-state index in [2.05, 4.69) is 26.2 Å². The van der Waals surface area contributed by atoms with Crippen molar-refractivity contribution in [2.75, 3.05) is 87.1 Å². The van der Waals surface area contributed by atoms with Gasteiger partial charge in [0.1, 0.15) is 17.0 Å². The first-order chi connectivity index (χ1) is 24.3. The number of alkyl halides is 2. The minimum Gasteiger partial charge on any atom is -0.495 e. The van der Waals surface area contributed by atoms with Crippen LogP contribution in [0.15, 0.2) is 78.9 Å². The van der Waals surface area contributed by atoms with Crippen molar-refractivity contribution in [1.29, 1.82) is 0 Å². The number of urea groups is 1. The van der Waals surface area contributed by atoms with Gasteiger partial charge in [0.05, 0.1) is 36.7 Å². The van der Waals surface area contributed by atoms with Crippen molar-refractivity contribution in [2.24, 2.45) is 0 Å². The molecule has 0 radical (unpaired) electrons. The predicted molar refractivity (Wildman–Crippen MR) is 206 cm³/mol. The van der Waals surface area contributed by atoms with Crippen LogP contribution >= 0.6 is 23.2 Å². The molecule has 0 saturated carbocycles. The van der Waals surface area contributed by atoms with E-state index >= 15 is 0 Å². The van der Waals surface area contributed by atoms with Gasteiger partial charge in [0, 0.05) is 65.8 Å². The average Bonchev–Trinajstić information content (AvgIpc) is 3.11. The maximum Gasteiger partial charge on any atom is 0.323 e. The van der Waals surface area contributed by atoms with E-state index in [4.69, 9.17) is 37.7 Å². The lowest BCUT2D eigenvalue weighted by atomic mass is 10.0. The Hall–Kier alpha value is -4.97. The number of carbonyl (C=O) groups excluding carboxylic acids is 2. The number of halogens is 2. The molecule has 4 aromatic carbocycles. The van der Waals surface area contributed by atoms with E-state index in [0.29, 0.717) is 88.8 Å². The first-order valence-electron chi connectivity index (χ1n) is 16.1. The van der Waals surface area contributed by atoms with Gasteiger partial charge in [0.15, 0.2) is 0 Å². The molecule has 4 N–H and O–H groups in total. The zero-order valence-electron chi connectivity index (χ0n) is 28.5. The number of hydrogen-bond donors (Lipinski definition) is 4. The molecule has 5 rings (SSSR count). The van der Waals surface area contributed by atoms with Gasteiger partial charge in [0.2, 0.25) is 0 Å². The Morgan fingerprint density at radius 3 is 2.06 bits per heavy atom. The molecule has 1 aromatic heterocycles. The molecule has 0 spiro atoms. The maximum atomic E-state index is 13.4. The monoisotopic (exact) mass is 717 g/mol. The number of hydrogen-bond acceptors (Lipinski definition) is 8. The Balaban J connectivity index is 1.45. The molecule has 50 heavy (non-hydrogen) atoms. The predicted octanol–water partition coefficient (Wildman–Crippen LogP) is 7.37. The van der Waals surface area contributed by atoms with E-state index in [9.17, 15) is 9.59 Å². The summed E-state index contributed by atoms with van der Waals surface area (Å²) >= 11 is 11.9. The number of amides is 3. The number of nitrogens with one attached hydrogen (secondary N) is 4. The molecule has 0 atom stereocenters. The van der Waals surface area contributed by atoms with Crippen molar-refractivity contribution in [2.45, 2.75) is 0 Å². The number of carbonyl (C=O) groups is 2. The van der Waals surface area contributed by atoms with E-state index in [1.807, 2.05) is 73.6 Å². The molecule has 13 heteroatoms. The molecular weight excluding hydrogens is 677 g/mol. The Morgan fingerprint density at radius 1 is 0.760 bits per heavy atom. The van der Waals surface area contributed by atoms with Gasteiger partial charge < -0.3 is 40.5 Å². The second-order valence-corrected chi connectivity index (χ2v) is 12.4. The van der Waals surface area contributed by atoms with Crippen LogP contribution in [-0.2, 0) is 0 Å². The number of pyridine rings is 1. The summed E-state index contributed by atoms with van der Waals surface area (Å²) in [5, 5.41) is 13.8. The third-order valence-corrected chi connectivity index (χ3v) is 8.36. The molecule has 5 aromatic rings. The average molecular weight is 719 g/mol. The summed E-state index contributed by atoms with van der Waals surface area (Å²) in [6.07, 6.45) is 0. The number of aromatic nitrogens is 1. The fourth-order valence-electron chi connectivity index (χ4n) is 5.57. The molecule has 0 saturated heterocycles. The summed E-state index contributed by atoms with van der Waals surface area (Å²) in [6, 6.07) is 23.6. The van der Waals surface area contributed by atoms with E-state index < -0.39 is 6.03 Å².